The quantitative estimate of drug-likeness (QED) is 0.630. The molecule has 0 heterocycles. The maximum absolute atomic E-state index is 8.57. The molecule has 1 aromatic rings. The molecular formula is C10H14BrNO2. The lowest BCUT2D eigenvalue weighted by molar-refractivity contribution is 0.253. The van der Waals surface area contributed by atoms with Gasteiger partial charge in [0.15, 0.2) is 0 Å². The van der Waals surface area contributed by atoms with Gasteiger partial charge in [-0.3, -0.25) is 0 Å². The number of nitrogens with two attached hydrogens (primary N) is 1. The second-order valence-corrected chi connectivity index (χ2v) is 3.88. The molecule has 0 aliphatic carbocycles. The molecule has 78 valence electrons. The summed E-state index contributed by atoms with van der Waals surface area (Å²) in [6.45, 7) is 0.797. The molecule has 0 radical (unpaired) electrons. The molecule has 1 rings (SSSR count). The first-order chi connectivity index (χ1) is 6.74. The van der Waals surface area contributed by atoms with Crippen LogP contribution in [0.2, 0.25) is 0 Å². The fraction of sp³-hybridized carbons (Fsp3) is 0.400. The first-order valence-corrected chi connectivity index (χ1v) is 5.32. The number of benzene rings is 1. The zero-order chi connectivity index (χ0) is 10.4. The Morgan fingerprint density at radius 1 is 1.36 bits per heavy atom. The van der Waals surface area contributed by atoms with Crippen LogP contribution in [0.15, 0.2) is 22.7 Å². The lowest BCUT2D eigenvalue weighted by Crippen LogP contribution is -2.01. The number of aliphatic hydroxyl groups is 1. The average molecular weight is 260 g/mol. The number of aliphatic hydroxyl groups excluding tert-OH is 1. The van der Waals surface area contributed by atoms with Gasteiger partial charge < -0.3 is 15.6 Å². The van der Waals surface area contributed by atoms with Gasteiger partial charge >= 0.3 is 0 Å². The standard InChI is InChI=1S/C10H14BrNO2/c11-8-3-4-10(9(12)7-8)14-6-2-1-5-13/h3-4,7,13H,1-2,5-6,12H2. The first-order valence-electron chi connectivity index (χ1n) is 4.52. The SMILES string of the molecule is Nc1cc(Br)ccc1OCCCCO. The van der Waals surface area contributed by atoms with Crippen molar-refractivity contribution < 1.29 is 9.84 Å². The largest absolute Gasteiger partial charge is 0.491 e. The van der Waals surface area contributed by atoms with E-state index in [9.17, 15) is 0 Å². The average Bonchev–Trinajstić information content (AvgIpc) is 2.15. The zero-order valence-electron chi connectivity index (χ0n) is 7.87. The van der Waals surface area contributed by atoms with E-state index >= 15 is 0 Å². The van der Waals surface area contributed by atoms with Crippen LogP contribution in [0.25, 0.3) is 0 Å². The Labute approximate surface area is 92.0 Å². The number of unbranched alkanes of at least 4 members (excludes halogenated alkanes) is 1. The lowest BCUT2D eigenvalue weighted by Gasteiger charge is -2.08. The van der Waals surface area contributed by atoms with E-state index in [0.717, 1.165) is 17.3 Å². The second-order valence-electron chi connectivity index (χ2n) is 2.96. The third-order valence-electron chi connectivity index (χ3n) is 1.78. The topological polar surface area (TPSA) is 55.5 Å². The van der Waals surface area contributed by atoms with Gasteiger partial charge in [-0.1, -0.05) is 15.9 Å². The number of ether oxygens (including phenoxy) is 1. The Kier molecular flexibility index (Phi) is 4.76. The Balaban J connectivity index is 2.42. The highest BCUT2D eigenvalue weighted by Crippen LogP contribution is 2.25. The van der Waals surface area contributed by atoms with Crippen LogP contribution in [-0.2, 0) is 0 Å². The molecule has 3 nitrogen and oxygen atoms in total. The third kappa shape index (κ3) is 3.55. The molecule has 4 heteroatoms. The maximum Gasteiger partial charge on any atom is 0.142 e. The van der Waals surface area contributed by atoms with Crippen molar-refractivity contribution >= 4 is 21.6 Å². The number of halogens is 1. The number of hydrogen-bond donors (Lipinski definition) is 2. The second kappa shape index (κ2) is 5.88. The molecule has 0 unspecified atom stereocenters. The number of rotatable bonds is 5. The van der Waals surface area contributed by atoms with Crippen LogP contribution in [0.5, 0.6) is 5.75 Å². The molecule has 0 aromatic heterocycles. The van der Waals surface area contributed by atoms with Crippen molar-refractivity contribution in [3.8, 4) is 5.75 Å². The normalized spacial score (nSPS) is 10.1. The van der Waals surface area contributed by atoms with E-state index in [2.05, 4.69) is 15.9 Å². The van der Waals surface area contributed by atoms with Crippen LogP contribution >= 0.6 is 15.9 Å². The van der Waals surface area contributed by atoms with Crippen LogP contribution in [0.4, 0.5) is 5.69 Å². The Morgan fingerprint density at radius 2 is 2.14 bits per heavy atom. The van der Waals surface area contributed by atoms with E-state index in [1.54, 1.807) is 6.07 Å². The lowest BCUT2D eigenvalue weighted by atomic mass is 10.3. The minimum absolute atomic E-state index is 0.208. The highest BCUT2D eigenvalue weighted by atomic mass is 79.9. The maximum atomic E-state index is 8.57. The zero-order valence-corrected chi connectivity index (χ0v) is 9.46. The monoisotopic (exact) mass is 259 g/mol. The number of nitrogen functional groups attached to an aromatic ring is 1. The van der Waals surface area contributed by atoms with E-state index < -0.39 is 0 Å². The number of anilines is 1. The molecule has 0 aliphatic heterocycles. The minimum atomic E-state index is 0.208. The van der Waals surface area contributed by atoms with Gasteiger partial charge in [0.2, 0.25) is 0 Å². The van der Waals surface area contributed by atoms with Crippen LogP contribution in [-0.4, -0.2) is 18.3 Å². The van der Waals surface area contributed by atoms with Crippen molar-refractivity contribution in [2.45, 2.75) is 12.8 Å². The molecule has 14 heavy (non-hydrogen) atoms. The van der Waals surface area contributed by atoms with Crippen LogP contribution < -0.4 is 10.5 Å². The van der Waals surface area contributed by atoms with Crippen LogP contribution in [0.1, 0.15) is 12.8 Å². The Bertz CT molecular complexity index is 291. The van der Waals surface area contributed by atoms with Gasteiger partial charge in [0.25, 0.3) is 0 Å². The molecule has 0 saturated heterocycles. The molecule has 0 aliphatic rings. The van der Waals surface area contributed by atoms with Crippen molar-refractivity contribution in [1.29, 1.82) is 0 Å². The molecule has 1 aromatic carbocycles. The molecule has 0 saturated carbocycles. The predicted octanol–water partition coefficient (Wildman–Crippen LogP) is 2.18. The Hall–Kier alpha value is -0.740. The first kappa shape index (κ1) is 11.3. The molecule has 0 spiro atoms. The molecule has 3 N–H and O–H groups in total. The summed E-state index contributed by atoms with van der Waals surface area (Å²) >= 11 is 3.32. The summed E-state index contributed by atoms with van der Waals surface area (Å²) in [6.07, 6.45) is 1.60. The smallest absolute Gasteiger partial charge is 0.142 e. The van der Waals surface area contributed by atoms with Crippen molar-refractivity contribution in [2.75, 3.05) is 18.9 Å². The van der Waals surface area contributed by atoms with Gasteiger partial charge in [-0.25, -0.2) is 0 Å². The van der Waals surface area contributed by atoms with E-state index in [4.69, 9.17) is 15.6 Å². The third-order valence-corrected chi connectivity index (χ3v) is 2.28. The van der Waals surface area contributed by atoms with Crippen molar-refractivity contribution in [3.05, 3.63) is 22.7 Å². The number of hydrogen-bond acceptors (Lipinski definition) is 3. The molecule has 0 amide bonds. The predicted molar refractivity (Wildman–Crippen MR) is 60.4 cm³/mol. The fourth-order valence-electron chi connectivity index (χ4n) is 1.05. The van der Waals surface area contributed by atoms with Crippen molar-refractivity contribution in [1.82, 2.24) is 0 Å². The summed E-state index contributed by atoms with van der Waals surface area (Å²) < 4.78 is 6.38. The summed E-state index contributed by atoms with van der Waals surface area (Å²) in [5.74, 6) is 0.700. The van der Waals surface area contributed by atoms with Crippen LogP contribution in [0, 0.1) is 0 Å². The molecular weight excluding hydrogens is 246 g/mol. The summed E-state index contributed by atoms with van der Waals surface area (Å²) in [7, 11) is 0. The highest BCUT2D eigenvalue weighted by molar-refractivity contribution is 9.10. The summed E-state index contributed by atoms with van der Waals surface area (Å²) in [5, 5.41) is 8.57. The van der Waals surface area contributed by atoms with Gasteiger partial charge in [0, 0.05) is 11.1 Å². The van der Waals surface area contributed by atoms with Crippen molar-refractivity contribution in [3.63, 3.8) is 0 Å². The van der Waals surface area contributed by atoms with Gasteiger partial charge in [-0.05, 0) is 31.0 Å². The fourth-order valence-corrected chi connectivity index (χ4v) is 1.43. The van der Waals surface area contributed by atoms with Gasteiger partial charge in [0.1, 0.15) is 5.75 Å². The van der Waals surface area contributed by atoms with Gasteiger partial charge in [-0.2, -0.15) is 0 Å². The van der Waals surface area contributed by atoms with Gasteiger partial charge in [0.05, 0.1) is 12.3 Å². The molecule has 0 atom stereocenters. The van der Waals surface area contributed by atoms with E-state index in [-0.39, 0.29) is 6.61 Å². The summed E-state index contributed by atoms with van der Waals surface area (Å²) in [4.78, 5) is 0. The van der Waals surface area contributed by atoms with E-state index in [0.29, 0.717) is 18.0 Å². The summed E-state index contributed by atoms with van der Waals surface area (Å²) in [5.41, 5.74) is 6.36. The van der Waals surface area contributed by atoms with E-state index in [1.807, 2.05) is 12.1 Å². The van der Waals surface area contributed by atoms with Crippen molar-refractivity contribution in [2.24, 2.45) is 0 Å². The summed E-state index contributed by atoms with van der Waals surface area (Å²) in [6, 6.07) is 5.53. The highest BCUT2D eigenvalue weighted by Gasteiger charge is 1.99. The van der Waals surface area contributed by atoms with Gasteiger partial charge in [-0.15, -0.1) is 0 Å². The minimum Gasteiger partial charge on any atom is -0.491 e. The molecule has 0 bridgehead atoms. The van der Waals surface area contributed by atoms with E-state index in [1.165, 1.54) is 0 Å². The molecule has 0 fully saturated rings. The van der Waals surface area contributed by atoms with Crippen LogP contribution in [0.3, 0.4) is 0 Å². The Morgan fingerprint density at radius 3 is 2.79 bits per heavy atom.